The molecule has 0 N–H and O–H groups in total. The van der Waals surface area contributed by atoms with E-state index in [0.29, 0.717) is 26.1 Å². The van der Waals surface area contributed by atoms with Crippen LogP contribution in [-0.4, -0.2) is 59.5 Å². The predicted molar refractivity (Wildman–Crippen MR) is 67.0 cm³/mol. The lowest BCUT2D eigenvalue weighted by molar-refractivity contribution is -0.146. The number of nitrogens with zero attached hydrogens (tertiary/aromatic N) is 2. The molecular formula is C13H22N2O3. The highest BCUT2D eigenvalue weighted by molar-refractivity contribution is 5.81. The summed E-state index contributed by atoms with van der Waals surface area (Å²) in [6.45, 7) is 7.91. The Morgan fingerprint density at radius 3 is 2.78 bits per heavy atom. The van der Waals surface area contributed by atoms with E-state index >= 15 is 0 Å². The SMILES string of the molecule is CC(C)(C)OCC(=O)N1CCN2C(=O)CCC2C1. The summed E-state index contributed by atoms with van der Waals surface area (Å²) in [5.41, 5.74) is -0.291. The molecule has 2 heterocycles. The van der Waals surface area contributed by atoms with Crippen molar-refractivity contribution in [3.63, 3.8) is 0 Å². The molecule has 2 fully saturated rings. The van der Waals surface area contributed by atoms with E-state index in [1.807, 2.05) is 30.6 Å². The molecule has 0 aromatic heterocycles. The minimum Gasteiger partial charge on any atom is -0.366 e. The van der Waals surface area contributed by atoms with Gasteiger partial charge in [-0.15, -0.1) is 0 Å². The first-order valence-electron chi connectivity index (χ1n) is 6.58. The zero-order chi connectivity index (χ0) is 13.3. The molecule has 5 nitrogen and oxygen atoms in total. The van der Waals surface area contributed by atoms with E-state index in [-0.39, 0.29) is 30.1 Å². The molecule has 2 amide bonds. The van der Waals surface area contributed by atoms with Crippen LogP contribution in [0.25, 0.3) is 0 Å². The lowest BCUT2D eigenvalue weighted by Gasteiger charge is -2.37. The van der Waals surface area contributed by atoms with Crippen LogP contribution in [0.15, 0.2) is 0 Å². The third-order valence-electron chi connectivity index (χ3n) is 3.48. The number of amides is 2. The number of piperazine rings is 1. The summed E-state index contributed by atoms with van der Waals surface area (Å²) in [4.78, 5) is 27.3. The molecular weight excluding hydrogens is 232 g/mol. The molecule has 2 aliphatic rings. The molecule has 0 aromatic carbocycles. The van der Waals surface area contributed by atoms with Crippen LogP contribution in [-0.2, 0) is 14.3 Å². The van der Waals surface area contributed by atoms with Crippen molar-refractivity contribution in [2.24, 2.45) is 0 Å². The van der Waals surface area contributed by atoms with E-state index in [1.54, 1.807) is 0 Å². The van der Waals surface area contributed by atoms with Crippen molar-refractivity contribution in [2.45, 2.75) is 45.3 Å². The highest BCUT2D eigenvalue weighted by atomic mass is 16.5. The van der Waals surface area contributed by atoms with Gasteiger partial charge in [0.2, 0.25) is 11.8 Å². The van der Waals surface area contributed by atoms with E-state index in [2.05, 4.69) is 0 Å². The fourth-order valence-corrected chi connectivity index (χ4v) is 2.46. The summed E-state index contributed by atoms with van der Waals surface area (Å²) in [5.74, 6) is 0.266. The van der Waals surface area contributed by atoms with Gasteiger partial charge in [0.05, 0.1) is 5.60 Å². The van der Waals surface area contributed by atoms with Crippen molar-refractivity contribution in [2.75, 3.05) is 26.2 Å². The molecule has 18 heavy (non-hydrogen) atoms. The van der Waals surface area contributed by atoms with E-state index in [0.717, 1.165) is 6.42 Å². The molecule has 2 aliphatic heterocycles. The molecule has 0 saturated carbocycles. The van der Waals surface area contributed by atoms with Gasteiger partial charge >= 0.3 is 0 Å². The number of hydrogen-bond acceptors (Lipinski definition) is 3. The van der Waals surface area contributed by atoms with Crippen LogP contribution in [0, 0.1) is 0 Å². The summed E-state index contributed by atoms with van der Waals surface area (Å²) in [6, 6.07) is 0.227. The summed E-state index contributed by atoms with van der Waals surface area (Å²) < 4.78 is 5.51. The van der Waals surface area contributed by atoms with Crippen molar-refractivity contribution in [1.29, 1.82) is 0 Å². The van der Waals surface area contributed by atoms with Gasteiger partial charge in [0.1, 0.15) is 6.61 Å². The Morgan fingerprint density at radius 1 is 1.39 bits per heavy atom. The van der Waals surface area contributed by atoms with Gasteiger partial charge in [-0.2, -0.15) is 0 Å². The number of rotatable bonds is 2. The van der Waals surface area contributed by atoms with Crippen LogP contribution in [0.1, 0.15) is 33.6 Å². The molecule has 1 unspecified atom stereocenters. The maximum Gasteiger partial charge on any atom is 0.248 e. The molecule has 0 aliphatic carbocycles. The molecule has 0 radical (unpaired) electrons. The van der Waals surface area contributed by atoms with E-state index in [4.69, 9.17) is 4.74 Å². The maximum atomic E-state index is 12.0. The van der Waals surface area contributed by atoms with Gasteiger partial charge in [-0.05, 0) is 27.2 Å². The molecule has 1 atom stereocenters. The summed E-state index contributed by atoms with van der Waals surface area (Å²) in [5, 5.41) is 0. The number of hydrogen-bond donors (Lipinski definition) is 0. The van der Waals surface area contributed by atoms with Crippen molar-refractivity contribution in [3.8, 4) is 0 Å². The van der Waals surface area contributed by atoms with E-state index in [9.17, 15) is 9.59 Å². The lowest BCUT2D eigenvalue weighted by Crippen LogP contribution is -2.54. The Morgan fingerprint density at radius 2 is 2.11 bits per heavy atom. The van der Waals surface area contributed by atoms with Crippen LogP contribution in [0.4, 0.5) is 0 Å². The Balaban J connectivity index is 1.84. The fraction of sp³-hybridized carbons (Fsp3) is 0.846. The molecule has 5 heteroatoms. The Bertz CT molecular complexity index is 349. The second kappa shape index (κ2) is 4.88. The van der Waals surface area contributed by atoms with Gasteiger partial charge in [-0.1, -0.05) is 0 Å². The Hall–Kier alpha value is -1.10. The number of carbonyl (C=O) groups is 2. The molecule has 0 bridgehead atoms. The summed E-state index contributed by atoms with van der Waals surface area (Å²) in [6.07, 6.45) is 1.51. The number of fused-ring (bicyclic) bond motifs is 1. The third kappa shape index (κ3) is 3.02. The van der Waals surface area contributed by atoms with Crippen LogP contribution in [0.3, 0.4) is 0 Å². The van der Waals surface area contributed by atoms with Crippen molar-refractivity contribution < 1.29 is 14.3 Å². The number of ether oxygens (including phenoxy) is 1. The van der Waals surface area contributed by atoms with Gasteiger partial charge in [0.25, 0.3) is 0 Å². The van der Waals surface area contributed by atoms with Crippen molar-refractivity contribution in [1.82, 2.24) is 9.80 Å². The zero-order valence-electron chi connectivity index (χ0n) is 11.4. The van der Waals surface area contributed by atoms with Crippen LogP contribution < -0.4 is 0 Å². The topological polar surface area (TPSA) is 49.9 Å². The van der Waals surface area contributed by atoms with Crippen molar-refractivity contribution >= 4 is 11.8 Å². The minimum absolute atomic E-state index is 0.0314. The first kappa shape index (κ1) is 13.3. The van der Waals surface area contributed by atoms with Crippen LogP contribution >= 0.6 is 0 Å². The minimum atomic E-state index is -0.291. The molecule has 0 aromatic rings. The van der Waals surface area contributed by atoms with Gasteiger partial charge in [0, 0.05) is 32.1 Å². The van der Waals surface area contributed by atoms with Crippen molar-refractivity contribution in [3.05, 3.63) is 0 Å². The lowest BCUT2D eigenvalue weighted by atomic mass is 10.1. The quantitative estimate of drug-likeness (QED) is 0.726. The first-order valence-corrected chi connectivity index (χ1v) is 6.58. The smallest absolute Gasteiger partial charge is 0.248 e. The largest absolute Gasteiger partial charge is 0.366 e. The molecule has 2 saturated heterocycles. The average Bonchev–Trinajstić information content (AvgIpc) is 2.66. The maximum absolute atomic E-state index is 12.0. The number of carbonyl (C=O) groups excluding carboxylic acids is 2. The third-order valence-corrected chi connectivity index (χ3v) is 3.48. The molecule has 0 spiro atoms. The second-order valence-corrected chi connectivity index (χ2v) is 6.02. The van der Waals surface area contributed by atoms with Crippen LogP contribution in [0.5, 0.6) is 0 Å². The predicted octanol–water partition coefficient (Wildman–Crippen LogP) is 0.635. The first-order chi connectivity index (χ1) is 8.37. The van der Waals surface area contributed by atoms with Gasteiger partial charge in [0.15, 0.2) is 0 Å². The zero-order valence-corrected chi connectivity index (χ0v) is 11.4. The molecule has 2 rings (SSSR count). The fourth-order valence-electron chi connectivity index (χ4n) is 2.46. The summed E-state index contributed by atoms with van der Waals surface area (Å²) >= 11 is 0. The monoisotopic (exact) mass is 254 g/mol. The highest BCUT2D eigenvalue weighted by Crippen LogP contribution is 2.22. The Labute approximate surface area is 108 Å². The molecule has 102 valence electrons. The standard InChI is InChI=1S/C13H22N2O3/c1-13(2,3)18-9-12(17)14-6-7-15-10(8-14)4-5-11(15)16/h10H,4-9H2,1-3H3. The highest BCUT2D eigenvalue weighted by Gasteiger charge is 2.36. The van der Waals surface area contributed by atoms with E-state index < -0.39 is 0 Å². The average molecular weight is 254 g/mol. The van der Waals surface area contributed by atoms with E-state index in [1.165, 1.54) is 0 Å². The van der Waals surface area contributed by atoms with Gasteiger partial charge < -0.3 is 14.5 Å². The van der Waals surface area contributed by atoms with Gasteiger partial charge in [-0.3, -0.25) is 9.59 Å². The normalized spacial score (nSPS) is 24.4. The van der Waals surface area contributed by atoms with Crippen LogP contribution in [0.2, 0.25) is 0 Å². The second-order valence-electron chi connectivity index (χ2n) is 6.02. The van der Waals surface area contributed by atoms with Gasteiger partial charge in [-0.25, -0.2) is 0 Å². The summed E-state index contributed by atoms with van der Waals surface area (Å²) in [7, 11) is 0. The Kier molecular flexibility index (Phi) is 3.61.